The summed E-state index contributed by atoms with van der Waals surface area (Å²) in [5, 5.41) is 3.36. The lowest BCUT2D eigenvalue weighted by molar-refractivity contribution is 0.414. The van der Waals surface area contributed by atoms with Crippen LogP contribution in [-0.4, -0.2) is 36.8 Å². The third-order valence-corrected chi connectivity index (χ3v) is 5.48. The second-order valence-corrected chi connectivity index (χ2v) is 7.36. The van der Waals surface area contributed by atoms with E-state index in [1.54, 1.807) is 30.5 Å². The van der Waals surface area contributed by atoms with Gasteiger partial charge >= 0.3 is 0 Å². The lowest BCUT2D eigenvalue weighted by Crippen LogP contribution is -2.29. The lowest BCUT2D eigenvalue weighted by Gasteiger charge is -2.25. The molecule has 148 valence electrons. The molecule has 0 spiro atoms. The number of methoxy groups -OCH3 is 2. The average Bonchev–Trinajstić information content (AvgIpc) is 2.78. The Bertz CT molecular complexity index is 1110. The van der Waals surface area contributed by atoms with E-state index in [9.17, 15) is 4.79 Å². The molecule has 29 heavy (non-hydrogen) atoms. The molecule has 0 aliphatic carbocycles. The number of benzene rings is 2. The zero-order chi connectivity index (χ0) is 20.4. The number of aliphatic imine (C=N–C) groups is 1. The predicted octanol–water partition coefficient (Wildman–Crippen LogP) is 4.01. The van der Waals surface area contributed by atoms with E-state index in [-0.39, 0.29) is 11.1 Å². The Labute approximate surface area is 173 Å². The Morgan fingerprint density at radius 1 is 1.00 bits per heavy atom. The highest BCUT2D eigenvalue weighted by Gasteiger charge is 2.21. The number of nitrogens with one attached hydrogen (secondary N) is 1. The summed E-state index contributed by atoms with van der Waals surface area (Å²) in [6, 6.07) is 16.8. The van der Waals surface area contributed by atoms with Gasteiger partial charge in [0.05, 0.1) is 19.9 Å². The van der Waals surface area contributed by atoms with Crippen molar-refractivity contribution >= 4 is 23.8 Å². The second kappa shape index (κ2) is 8.05. The van der Waals surface area contributed by atoms with Gasteiger partial charge in [-0.1, -0.05) is 12.1 Å². The summed E-state index contributed by atoms with van der Waals surface area (Å²) < 4.78 is 12.2. The van der Waals surface area contributed by atoms with Gasteiger partial charge in [-0.2, -0.15) is 0 Å². The zero-order valence-electron chi connectivity index (χ0n) is 16.4. The van der Waals surface area contributed by atoms with E-state index >= 15 is 0 Å². The molecular formula is C22H21N3O3S. The normalized spacial score (nSPS) is 14.8. The van der Waals surface area contributed by atoms with Gasteiger partial charge in [0.1, 0.15) is 17.3 Å². The minimum absolute atomic E-state index is 0.110. The summed E-state index contributed by atoms with van der Waals surface area (Å²) in [4.78, 5) is 18.1. The largest absolute Gasteiger partial charge is 0.497 e. The van der Waals surface area contributed by atoms with Crippen molar-refractivity contribution in [3.63, 3.8) is 0 Å². The highest BCUT2D eigenvalue weighted by atomic mass is 32.2. The number of hydrogen-bond donors (Lipinski definition) is 1. The minimum Gasteiger partial charge on any atom is -0.497 e. The fraction of sp³-hybridized carbons (Fsp3) is 0.182. The van der Waals surface area contributed by atoms with Crippen molar-refractivity contribution in [1.82, 2.24) is 4.57 Å². The molecule has 1 N–H and O–H groups in total. The van der Waals surface area contributed by atoms with Crippen LogP contribution in [0.5, 0.6) is 11.5 Å². The van der Waals surface area contributed by atoms with Gasteiger partial charge in [0.15, 0.2) is 5.50 Å². The van der Waals surface area contributed by atoms with E-state index in [0.717, 1.165) is 34.1 Å². The molecule has 3 aromatic rings. The number of fused-ring (bicyclic) bond motifs is 1. The minimum atomic E-state index is -0.141. The molecular weight excluding hydrogens is 386 g/mol. The summed E-state index contributed by atoms with van der Waals surface area (Å²) >= 11 is 1.57. The Kier molecular flexibility index (Phi) is 5.31. The Morgan fingerprint density at radius 2 is 1.62 bits per heavy atom. The maximum Gasteiger partial charge on any atom is 0.264 e. The van der Waals surface area contributed by atoms with Gasteiger partial charge < -0.3 is 14.8 Å². The molecule has 0 saturated carbocycles. The first-order chi connectivity index (χ1) is 14.1. The van der Waals surface area contributed by atoms with Gasteiger partial charge in [0.2, 0.25) is 0 Å². The maximum atomic E-state index is 13.6. The molecule has 6 nitrogen and oxygen atoms in total. The third kappa shape index (κ3) is 3.61. The number of thioether (sulfide) groups is 1. The summed E-state index contributed by atoms with van der Waals surface area (Å²) in [5.74, 6) is 2.21. The first-order valence-electron chi connectivity index (χ1n) is 9.06. The van der Waals surface area contributed by atoms with Gasteiger partial charge in [0.25, 0.3) is 5.56 Å². The smallest absolute Gasteiger partial charge is 0.264 e. The monoisotopic (exact) mass is 407 g/mol. The third-order valence-electron chi connectivity index (χ3n) is 4.79. The molecule has 0 bridgehead atoms. The first kappa shape index (κ1) is 19.1. The van der Waals surface area contributed by atoms with Crippen LogP contribution in [-0.2, 0) is 0 Å². The molecule has 0 amide bonds. The fourth-order valence-corrected chi connectivity index (χ4v) is 3.67. The van der Waals surface area contributed by atoms with Gasteiger partial charge in [-0.3, -0.25) is 14.4 Å². The van der Waals surface area contributed by atoms with Crippen molar-refractivity contribution in [2.45, 2.75) is 5.50 Å². The molecule has 0 radical (unpaired) electrons. The molecule has 0 fully saturated rings. The number of pyridine rings is 1. The predicted molar refractivity (Wildman–Crippen MR) is 119 cm³/mol. The van der Waals surface area contributed by atoms with Crippen molar-refractivity contribution < 1.29 is 9.47 Å². The summed E-state index contributed by atoms with van der Waals surface area (Å²) in [5.41, 5.74) is 2.78. The number of nitrogens with zero attached hydrogens (tertiary/aromatic N) is 2. The zero-order valence-corrected chi connectivity index (χ0v) is 17.2. The Morgan fingerprint density at radius 3 is 2.21 bits per heavy atom. The molecule has 1 unspecified atom stereocenters. The van der Waals surface area contributed by atoms with Crippen LogP contribution in [0.25, 0.3) is 16.8 Å². The van der Waals surface area contributed by atoms with Crippen LogP contribution >= 0.6 is 11.8 Å². The SMILES string of the molecule is COc1ccc(-c2cc3c(n(-c4ccc(OC)cc4)c2=O)NC(SC)N=C3)cc1. The molecule has 1 aromatic heterocycles. The summed E-state index contributed by atoms with van der Waals surface area (Å²) in [7, 11) is 3.24. The van der Waals surface area contributed by atoms with Crippen LogP contribution in [0.4, 0.5) is 5.82 Å². The van der Waals surface area contributed by atoms with Crippen LogP contribution in [0.2, 0.25) is 0 Å². The summed E-state index contributed by atoms with van der Waals surface area (Å²) in [6.45, 7) is 0. The van der Waals surface area contributed by atoms with E-state index in [1.165, 1.54) is 0 Å². The van der Waals surface area contributed by atoms with E-state index in [0.29, 0.717) is 5.56 Å². The average molecular weight is 407 g/mol. The van der Waals surface area contributed by atoms with E-state index in [2.05, 4.69) is 10.3 Å². The van der Waals surface area contributed by atoms with E-state index < -0.39 is 0 Å². The lowest BCUT2D eigenvalue weighted by atomic mass is 10.0. The number of aromatic nitrogens is 1. The quantitative estimate of drug-likeness (QED) is 0.692. The Balaban J connectivity index is 1.93. The first-order valence-corrected chi connectivity index (χ1v) is 10.3. The molecule has 1 aliphatic rings. The van der Waals surface area contributed by atoms with Crippen LogP contribution < -0.4 is 20.3 Å². The van der Waals surface area contributed by atoms with E-state index in [1.807, 2.05) is 67.1 Å². The molecule has 0 saturated heterocycles. The molecule has 2 aromatic carbocycles. The van der Waals surface area contributed by atoms with Gasteiger partial charge in [0, 0.05) is 17.3 Å². The number of ether oxygens (including phenoxy) is 2. The van der Waals surface area contributed by atoms with Gasteiger partial charge in [-0.25, -0.2) is 0 Å². The fourth-order valence-electron chi connectivity index (χ4n) is 3.26. The van der Waals surface area contributed by atoms with Gasteiger partial charge in [-0.05, 0) is 54.3 Å². The van der Waals surface area contributed by atoms with Gasteiger partial charge in [-0.15, -0.1) is 11.8 Å². The van der Waals surface area contributed by atoms with Crippen LogP contribution in [0.15, 0.2) is 64.4 Å². The molecule has 4 rings (SSSR count). The number of rotatable bonds is 5. The van der Waals surface area contributed by atoms with Crippen LogP contribution in [0.3, 0.4) is 0 Å². The Hall–Kier alpha value is -3.19. The summed E-state index contributed by atoms with van der Waals surface area (Å²) in [6.07, 6.45) is 3.79. The number of hydrogen-bond acceptors (Lipinski definition) is 6. The molecule has 1 aliphatic heterocycles. The van der Waals surface area contributed by atoms with Crippen molar-refractivity contribution in [2.75, 3.05) is 25.8 Å². The maximum absolute atomic E-state index is 13.6. The molecule has 2 heterocycles. The van der Waals surface area contributed by atoms with Crippen molar-refractivity contribution in [3.05, 3.63) is 70.5 Å². The van der Waals surface area contributed by atoms with E-state index in [4.69, 9.17) is 9.47 Å². The van der Waals surface area contributed by atoms with Crippen LogP contribution in [0.1, 0.15) is 5.56 Å². The van der Waals surface area contributed by atoms with Crippen molar-refractivity contribution in [1.29, 1.82) is 0 Å². The van der Waals surface area contributed by atoms with Crippen LogP contribution in [0, 0.1) is 0 Å². The highest BCUT2D eigenvalue weighted by molar-refractivity contribution is 7.99. The molecule has 7 heteroatoms. The standard InChI is InChI=1S/C22H21N3O3S/c1-27-17-8-4-14(5-9-17)19-12-15-13-23-22(29-3)24-20(15)25(21(19)26)16-6-10-18(28-2)11-7-16/h4-13,22,24H,1-3H3. The second-order valence-electron chi connectivity index (χ2n) is 6.44. The highest BCUT2D eigenvalue weighted by Crippen LogP contribution is 2.29. The van der Waals surface area contributed by atoms with Crippen molar-refractivity contribution in [2.24, 2.45) is 4.99 Å². The topological polar surface area (TPSA) is 64.8 Å². The molecule has 1 atom stereocenters. The van der Waals surface area contributed by atoms with Crippen molar-refractivity contribution in [3.8, 4) is 28.3 Å². The number of anilines is 1.